The smallest absolute Gasteiger partial charge is 0.433 e. The van der Waals surface area contributed by atoms with Crippen LogP contribution >= 0.6 is 0 Å². The number of ether oxygens (including phenoxy) is 1. The summed E-state index contributed by atoms with van der Waals surface area (Å²) in [5, 5.41) is 0. The molecule has 0 saturated carbocycles. The molecule has 1 aliphatic heterocycles. The molecule has 1 aliphatic rings. The van der Waals surface area contributed by atoms with E-state index in [4.69, 9.17) is 4.74 Å². The molecule has 0 bridgehead atoms. The van der Waals surface area contributed by atoms with E-state index in [1.807, 2.05) is 6.92 Å². The van der Waals surface area contributed by atoms with Crippen molar-refractivity contribution in [3.8, 4) is 0 Å². The number of cyclic esters (lactones) is 1. The summed E-state index contributed by atoms with van der Waals surface area (Å²) in [6, 6.07) is 14.3. The Labute approximate surface area is 137 Å². The van der Waals surface area contributed by atoms with E-state index < -0.39 is 24.2 Å². The van der Waals surface area contributed by atoms with Gasteiger partial charge in [-0.2, -0.15) is 13.2 Å². The molecule has 0 amide bonds. The predicted octanol–water partition coefficient (Wildman–Crippen LogP) is 4.78. The first-order chi connectivity index (χ1) is 11.3. The van der Waals surface area contributed by atoms with Gasteiger partial charge in [0.25, 0.3) is 0 Å². The molecule has 0 spiro atoms. The molecule has 5 heteroatoms. The minimum absolute atomic E-state index is 0.0800. The summed E-state index contributed by atoms with van der Waals surface area (Å²) in [5.74, 6) is -0.988. The van der Waals surface area contributed by atoms with Crippen LogP contribution in [0, 0.1) is 6.92 Å². The molecule has 1 heterocycles. The molecule has 0 unspecified atom stereocenters. The van der Waals surface area contributed by atoms with Gasteiger partial charge in [0, 0.05) is 18.1 Å². The fraction of sp³-hybridized carbons (Fsp3) is 0.211. The van der Waals surface area contributed by atoms with E-state index in [0.29, 0.717) is 11.1 Å². The highest BCUT2D eigenvalue weighted by Gasteiger charge is 2.60. The summed E-state index contributed by atoms with van der Waals surface area (Å²) >= 11 is 0. The number of aryl methyl sites for hydroxylation is 1. The molecule has 2 aromatic rings. The van der Waals surface area contributed by atoms with Gasteiger partial charge in [-0.3, -0.25) is 0 Å². The largest absolute Gasteiger partial charge is 0.441 e. The Bertz CT molecular complexity index is 777. The van der Waals surface area contributed by atoms with Crippen molar-refractivity contribution >= 4 is 11.5 Å². The highest BCUT2D eigenvalue weighted by Crippen LogP contribution is 2.50. The zero-order valence-electron chi connectivity index (χ0n) is 12.9. The van der Waals surface area contributed by atoms with Crippen molar-refractivity contribution in [2.24, 2.45) is 0 Å². The van der Waals surface area contributed by atoms with Crippen LogP contribution in [0.25, 0.3) is 5.57 Å². The average Bonchev–Trinajstić information content (AvgIpc) is 2.54. The summed E-state index contributed by atoms with van der Waals surface area (Å²) in [6.45, 7) is 1.89. The molecular weight excluding hydrogens is 317 g/mol. The van der Waals surface area contributed by atoms with Gasteiger partial charge in [-0.05, 0) is 18.1 Å². The minimum atomic E-state index is -4.73. The van der Waals surface area contributed by atoms with Crippen LogP contribution in [0.15, 0.2) is 60.7 Å². The average molecular weight is 332 g/mol. The van der Waals surface area contributed by atoms with Crippen LogP contribution in [-0.4, -0.2) is 12.1 Å². The third-order valence-corrected chi connectivity index (χ3v) is 4.13. The van der Waals surface area contributed by atoms with Crippen LogP contribution in [0.4, 0.5) is 13.2 Å². The lowest BCUT2D eigenvalue weighted by Crippen LogP contribution is -2.48. The standard InChI is InChI=1S/C19H15F3O2/c1-13-7-9-14(10-8-13)15-11-17(23)24-18(12-15,19(20,21)22)16-5-3-2-4-6-16/h2-11H,12H2,1H3/t18-/m1/s1. The summed E-state index contributed by atoms with van der Waals surface area (Å²) in [5.41, 5.74) is -0.860. The second-order valence-electron chi connectivity index (χ2n) is 5.82. The van der Waals surface area contributed by atoms with Gasteiger partial charge in [0.15, 0.2) is 0 Å². The molecule has 0 radical (unpaired) electrons. The zero-order chi connectivity index (χ0) is 17.4. The number of carbonyl (C=O) groups excluding carboxylic acids is 1. The van der Waals surface area contributed by atoms with Crippen LogP contribution in [0.2, 0.25) is 0 Å². The summed E-state index contributed by atoms with van der Waals surface area (Å²) in [7, 11) is 0. The van der Waals surface area contributed by atoms with Gasteiger partial charge in [0.1, 0.15) is 0 Å². The first kappa shape index (κ1) is 16.3. The second-order valence-corrected chi connectivity index (χ2v) is 5.82. The first-order valence-corrected chi connectivity index (χ1v) is 7.45. The maximum absolute atomic E-state index is 13.9. The lowest BCUT2D eigenvalue weighted by atomic mass is 9.82. The van der Waals surface area contributed by atoms with Crippen molar-refractivity contribution in [3.05, 3.63) is 77.4 Å². The number of halogens is 3. The summed E-state index contributed by atoms with van der Waals surface area (Å²) in [4.78, 5) is 12.0. The molecule has 1 atom stereocenters. The fourth-order valence-electron chi connectivity index (χ4n) is 2.84. The molecule has 0 aromatic heterocycles. The molecular formula is C19H15F3O2. The number of carbonyl (C=O) groups is 1. The van der Waals surface area contributed by atoms with Crippen molar-refractivity contribution in [3.63, 3.8) is 0 Å². The monoisotopic (exact) mass is 332 g/mol. The third-order valence-electron chi connectivity index (χ3n) is 4.13. The Morgan fingerprint density at radius 1 is 1.00 bits per heavy atom. The maximum Gasteiger partial charge on any atom is 0.433 e. The SMILES string of the molecule is Cc1ccc(C2=CC(=O)O[C@](c3ccccc3)(C(F)(F)F)C2)cc1. The number of hydrogen-bond donors (Lipinski definition) is 0. The lowest BCUT2D eigenvalue weighted by molar-refractivity contribution is -0.274. The number of benzene rings is 2. The predicted molar refractivity (Wildman–Crippen MR) is 84.0 cm³/mol. The zero-order valence-corrected chi connectivity index (χ0v) is 12.9. The van der Waals surface area contributed by atoms with Gasteiger partial charge >= 0.3 is 12.1 Å². The number of alkyl halides is 3. The van der Waals surface area contributed by atoms with Gasteiger partial charge in [0.05, 0.1) is 0 Å². The van der Waals surface area contributed by atoms with Crippen molar-refractivity contribution in [2.45, 2.75) is 25.1 Å². The molecule has 3 rings (SSSR count). The Morgan fingerprint density at radius 2 is 1.62 bits per heavy atom. The van der Waals surface area contributed by atoms with Crippen molar-refractivity contribution in [1.82, 2.24) is 0 Å². The maximum atomic E-state index is 13.9. The molecule has 0 N–H and O–H groups in total. The summed E-state index contributed by atoms with van der Waals surface area (Å²) < 4.78 is 46.6. The molecule has 24 heavy (non-hydrogen) atoms. The second kappa shape index (κ2) is 5.82. The Balaban J connectivity index is 2.11. The van der Waals surface area contributed by atoms with Crippen LogP contribution in [0.3, 0.4) is 0 Å². The molecule has 0 aliphatic carbocycles. The number of rotatable bonds is 2. The quantitative estimate of drug-likeness (QED) is 0.740. The van der Waals surface area contributed by atoms with Crippen LogP contribution in [0.5, 0.6) is 0 Å². The molecule has 2 nitrogen and oxygen atoms in total. The van der Waals surface area contributed by atoms with Crippen molar-refractivity contribution in [2.75, 3.05) is 0 Å². The van der Waals surface area contributed by atoms with Gasteiger partial charge in [-0.15, -0.1) is 0 Å². The topological polar surface area (TPSA) is 26.3 Å². The minimum Gasteiger partial charge on any atom is -0.441 e. The van der Waals surface area contributed by atoms with Gasteiger partial charge < -0.3 is 4.74 Å². The van der Waals surface area contributed by atoms with E-state index in [0.717, 1.165) is 11.6 Å². The van der Waals surface area contributed by atoms with E-state index in [-0.39, 0.29) is 5.56 Å². The van der Waals surface area contributed by atoms with E-state index in [9.17, 15) is 18.0 Å². The highest BCUT2D eigenvalue weighted by atomic mass is 19.4. The Hall–Kier alpha value is -2.56. The molecule has 2 aromatic carbocycles. The van der Waals surface area contributed by atoms with Gasteiger partial charge in [0.2, 0.25) is 5.60 Å². The van der Waals surface area contributed by atoms with Crippen LogP contribution in [0.1, 0.15) is 23.1 Å². The Kier molecular flexibility index (Phi) is 3.95. The molecule has 0 saturated heterocycles. The van der Waals surface area contributed by atoms with Crippen molar-refractivity contribution < 1.29 is 22.7 Å². The van der Waals surface area contributed by atoms with E-state index in [1.165, 1.54) is 24.3 Å². The lowest BCUT2D eigenvalue weighted by Gasteiger charge is -2.38. The van der Waals surface area contributed by atoms with E-state index >= 15 is 0 Å². The van der Waals surface area contributed by atoms with E-state index in [1.54, 1.807) is 30.3 Å². The van der Waals surface area contributed by atoms with Crippen molar-refractivity contribution in [1.29, 1.82) is 0 Å². The van der Waals surface area contributed by atoms with Crippen LogP contribution in [-0.2, 0) is 15.1 Å². The highest BCUT2D eigenvalue weighted by molar-refractivity contribution is 5.94. The molecule has 0 fully saturated rings. The van der Waals surface area contributed by atoms with E-state index in [2.05, 4.69) is 0 Å². The van der Waals surface area contributed by atoms with Gasteiger partial charge in [-0.1, -0.05) is 60.2 Å². The molecule has 124 valence electrons. The summed E-state index contributed by atoms with van der Waals surface area (Å²) in [6.07, 6.45) is -4.04. The Morgan fingerprint density at radius 3 is 2.21 bits per heavy atom. The normalized spacial score (nSPS) is 21.2. The number of esters is 1. The first-order valence-electron chi connectivity index (χ1n) is 7.45. The van der Waals surface area contributed by atoms with Gasteiger partial charge in [-0.25, -0.2) is 4.79 Å². The fourth-order valence-corrected chi connectivity index (χ4v) is 2.84. The van der Waals surface area contributed by atoms with Crippen LogP contribution < -0.4 is 0 Å². The third kappa shape index (κ3) is 2.82. The number of hydrogen-bond acceptors (Lipinski definition) is 2.